The summed E-state index contributed by atoms with van der Waals surface area (Å²) in [6.45, 7) is 0. The van der Waals surface area contributed by atoms with Crippen molar-refractivity contribution in [1.82, 2.24) is 0 Å². The van der Waals surface area contributed by atoms with Gasteiger partial charge in [-0.1, -0.05) is 18.2 Å². The van der Waals surface area contributed by atoms with Gasteiger partial charge in [0.1, 0.15) is 0 Å². The molecule has 0 spiro atoms. The van der Waals surface area contributed by atoms with Crippen LogP contribution in [0.15, 0.2) is 42.5 Å². The molecule has 2 aromatic carbocycles. The zero-order chi connectivity index (χ0) is 18.2. The van der Waals surface area contributed by atoms with E-state index in [-0.39, 0.29) is 12.2 Å². The Bertz CT molecular complexity index is 847. The summed E-state index contributed by atoms with van der Waals surface area (Å²) in [5.74, 6) is 0.0415. The van der Waals surface area contributed by atoms with Crippen molar-refractivity contribution in [1.29, 1.82) is 0 Å². The molecule has 0 radical (unpaired) electrons. The highest BCUT2D eigenvalue weighted by Crippen LogP contribution is 2.42. The Labute approximate surface area is 145 Å². The van der Waals surface area contributed by atoms with Crippen LogP contribution in [-0.4, -0.2) is 38.1 Å². The first-order valence-electron chi connectivity index (χ1n) is 7.77. The summed E-state index contributed by atoms with van der Waals surface area (Å²) in [6.07, 6.45) is -0.345. The lowest BCUT2D eigenvalue weighted by Gasteiger charge is -2.21. The summed E-state index contributed by atoms with van der Waals surface area (Å²) in [6, 6.07) is 11.7. The van der Waals surface area contributed by atoms with Crippen LogP contribution in [0.3, 0.4) is 0 Å². The summed E-state index contributed by atoms with van der Waals surface area (Å²) in [5, 5.41) is 11.0. The molecule has 1 aliphatic rings. The Morgan fingerprint density at radius 3 is 2.48 bits per heavy atom. The average Bonchev–Trinajstić information content (AvgIpc) is 2.83. The Kier molecular flexibility index (Phi) is 4.22. The fourth-order valence-corrected chi connectivity index (χ4v) is 3.13. The van der Waals surface area contributed by atoms with Gasteiger partial charge in [0.2, 0.25) is 0 Å². The van der Waals surface area contributed by atoms with Crippen molar-refractivity contribution < 1.29 is 24.2 Å². The Hall–Kier alpha value is -2.86. The van der Waals surface area contributed by atoms with E-state index in [1.54, 1.807) is 49.5 Å². The van der Waals surface area contributed by atoms with E-state index in [1.165, 1.54) is 19.1 Å². The number of ketones is 1. The molecule has 0 bridgehead atoms. The molecule has 1 N–H and O–H groups in total. The van der Waals surface area contributed by atoms with Crippen LogP contribution in [0.5, 0.6) is 11.5 Å². The van der Waals surface area contributed by atoms with Crippen LogP contribution in [0, 0.1) is 0 Å². The number of hydrogen-bond donors (Lipinski definition) is 1. The number of ether oxygens (including phenoxy) is 2. The smallest absolute Gasteiger partial charge is 0.263 e. The first-order chi connectivity index (χ1) is 11.9. The Balaban J connectivity index is 1.94. The minimum absolute atomic E-state index is 0.339. The molecule has 6 heteroatoms. The second-order valence-electron chi connectivity index (χ2n) is 5.91. The number of rotatable bonds is 5. The van der Waals surface area contributed by atoms with Gasteiger partial charge in [-0.15, -0.1) is 0 Å². The molecule has 6 nitrogen and oxygen atoms in total. The fourth-order valence-electron chi connectivity index (χ4n) is 3.13. The molecule has 1 aliphatic heterocycles. The molecule has 25 heavy (non-hydrogen) atoms. The van der Waals surface area contributed by atoms with Gasteiger partial charge in [0.25, 0.3) is 5.91 Å². The Morgan fingerprint density at radius 1 is 1.12 bits per heavy atom. The monoisotopic (exact) mass is 341 g/mol. The van der Waals surface area contributed by atoms with E-state index in [9.17, 15) is 14.7 Å². The lowest BCUT2D eigenvalue weighted by molar-refractivity contribution is -0.135. The van der Waals surface area contributed by atoms with Crippen LogP contribution in [-0.2, 0) is 10.4 Å². The van der Waals surface area contributed by atoms with Crippen molar-refractivity contribution in [3.05, 3.63) is 53.6 Å². The van der Waals surface area contributed by atoms with E-state index in [0.29, 0.717) is 28.3 Å². The van der Waals surface area contributed by atoms with Gasteiger partial charge in [-0.2, -0.15) is 0 Å². The van der Waals surface area contributed by atoms with E-state index in [1.807, 2.05) is 0 Å². The van der Waals surface area contributed by atoms with Gasteiger partial charge in [0.15, 0.2) is 22.9 Å². The molecule has 0 unspecified atom stereocenters. The molecule has 130 valence electrons. The van der Waals surface area contributed by atoms with E-state index < -0.39 is 11.5 Å². The highest BCUT2D eigenvalue weighted by atomic mass is 16.5. The number of fused-ring (bicyclic) bond motifs is 1. The number of para-hydroxylation sites is 1. The molecule has 0 fully saturated rings. The predicted octanol–water partition coefficient (Wildman–Crippen LogP) is 2.14. The van der Waals surface area contributed by atoms with Gasteiger partial charge in [0, 0.05) is 18.2 Å². The summed E-state index contributed by atoms with van der Waals surface area (Å²) in [5.41, 5.74) is -0.479. The summed E-state index contributed by atoms with van der Waals surface area (Å²) < 4.78 is 10.4. The van der Waals surface area contributed by atoms with Crippen molar-refractivity contribution in [2.75, 3.05) is 26.2 Å². The molecule has 0 aliphatic carbocycles. The largest absolute Gasteiger partial charge is 0.493 e. The SMILES string of the molecule is COc1ccc(C(=O)C[C@]2(O)C(=O)N(C)c3ccccc32)cc1OC. The minimum atomic E-state index is -1.87. The molecule has 3 rings (SSSR count). The maximum absolute atomic E-state index is 12.7. The third-order valence-electron chi connectivity index (χ3n) is 4.49. The van der Waals surface area contributed by atoms with Gasteiger partial charge >= 0.3 is 0 Å². The molecular weight excluding hydrogens is 322 g/mol. The second-order valence-corrected chi connectivity index (χ2v) is 5.91. The van der Waals surface area contributed by atoms with Crippen molar-refractivity contribution in [2.45, 2.75) is 12.0 Å². The molecule has 2 aromatic rings. The van der Waals surface area contributed by atoms with Crippen LogP contribution in [0.2, 0.25) is 0 Å². The second kappa shape index (κ2) is 6.22. The predicted molar refractivity (Wildman–Crippen MR) is 92.2 cm³/mol. The topological polar surface area (TPSA) is 76.1 Å². The number of amides is 1. The summed E-state index contributed by atoms with van der Waals surface area (Å²) in [4.78, 5) is 26.6. The van der Waals surface area contributed by atoms with Crippen LogP contribution < -0.4 is 14.4 Å². The molecule has 0 saturated carbocycles. The third kappa shape index (κ3) is 2.64. The standard InChI is InChI=1S/C19H19NO5/c1-20-14-7-5-4-6-13(14)19(23,18(20)22)11-15(21)12-8-9-16(24-2)17(10-12)25-3/h4-10,23H,11H2,1-3H3/t19-/m1/s1. The van der Waals surface area contributed by atoms with Gasteiger partial charge in [-0.05, 0) is 24.3 Å². The van der Waals surface area contributed by atoms with E-state index in [4.69, 9.17) is 9.47 Å². The van der Waals surface area contributed by atoms with Crippen LogP contribution in [0.4, 0.5) is 5.69 Å². The Morgan fingerprint density at radius 2 is 1.80 bits per heavy atom. The highest BCUT2D eigenvalue weighted by molar-refractivity contribution is 6.10. The number of likely N-dealkylation sites (N-methyl/N-ethyl adjacent to an activating group) is 1. The molecule has 0 aromatic heterocycles. The van der Waals surface area contributed by atoms with Crippen molar-refractivity contribution in [2.24, 2.45) is 0 Å². The number of benzene rings is 2. The lowest BCUT2D eigenvalue weighted by Crippen LogP contribution is -2.40. The minimum Gasteiger partial charge on any atom is -0.493 e. The van der Waals surface area contributed by atoms with Gasteiger partial charge in [-0.25, -0.2) is 0 Å². The number of carbonyl (C=O) groups excluding carboxylic acids is 2. The molecule has 0 saturated heterocycles. The van der Waals surface area contributed by atoms with E-state index in [2.05, 4.69) is 0 Å². The van der Waals surface area contributed by atoms with Crippen molar-refractivity contribution in [3.8, 4) is 11.5 Å². The maximum Gasteiger partial charge on any atom is 0.263 e. The van der Waals surface area contributed by atoms with Crippen LogP contribution in [0.1, 0.15) is 22.3 Å². The number of Topliss-reactive ketones (excluding diaryl/α,β-unsaturated/α-hetero) is 1. The zero-order valence-electron chi connectivity index (χ0n) is 14.3. The van der Waals surface area contributed by atoms with Crippen LogP contribution in [0.25, 0.3) is 0 Å². The highest BCUT2D eigenvalue weighted by Gasteiger charge is 2.49. The number of hydrogen-bond acceptors (Lipinski definition) is 5. The normalized spacial score (nSPS) is 18.9. The maximum atomic E-state index is 12.7. The first-order valence-corrected chi connectivity index (χ1v) is 7.77. The van der Waals surface area contributed by atoms with E-state index >= 15 is 0 Å². The van der Waals surface area contributed by atoms with Gasteiger partial charge < -0.3 is 19.5 Å². The van der Waals surface area contributed by atoms with Crippen molar-refractivity contribution in [3.63, 3.8) is 0 Å². The van der Waals surface area contributed by atoms with E-state index in [0.717, 1.165) is 0 Å². The molecule has 1 atom stereocenters. The summed E-state index contributed by atoms with van der Waals surface area (Å²) >= 11 is 0. The fraction of sp³-hybridized carbons (Fsp3) is 0.263. The average molecular weight is 341 g/mol. The first kappa shape index (κ1) is 17.0. The van der Waals surface area contributed by atoms with Crippen LogP contribution >= 0.6 is 0 Å². The third-order valence-corrected chi connectivity index (χ3v) is 4.49. The quantitative estimate of drug-likeness (QED) is 0.843. The molecule has 1 heterocycles. The zero-order valence-corrected chi connectivity index (χ0v) is 14.3. The molecular formula is C19H19NO5. The summed E-state index contributed by atoms with van der Waals surface area (Å²) in [7, 11) is 4.57. The lowest BCUT2D eigenvalue weighted by atomic mass is 9.88. The molecule has 1 amide bonds. The number of aliphatic hydroxyl groups is 1. The number of anilines is 1. The number of nitrogens with zero attached hydrogens (tertiary/aromatic N) is 1. The number of methoxy groups -OCH3 is 2. The number of carbonyl (C=O) groups is 2. The van der Waals surface area contributed by atoms with Crippen molar-refractivity contribution >= 4 is 17.4 Å². The van der Waals surface area contributed by atoms with Gasteiger partial charge in [-0.3, -0.25) is 9.59 Å². The van der Waals surface area contributed by atoms with Gasteiger partial charge in [0.05, 0.1) is 26.3 Å².